The Hall–Kier alpha value is -0.570. The Bertz CT molecular complexity index is 338. The van der Waals surface area contributed by atoms with Gasteiger partial charge in [-0.15, -0.1) is 0 Å². The fourth-order valence-corrected chi connectivity index (χ4v) is 2.10. The Morgan fingerprint density at radius 1 is 1.44 bits per heavy atom. The summed E-state index contributed by atoms with van der Waals surface area (Å²) in [6.45, 7) is 4.87. The van der Waals surface area contributed by atoms with Gasteiger partial charge in [-0.2, -0.15) is 0 Å². The van der Waals surface area contributed by atoms with Gasteiger partial charge < -0.3 is 10.5 Å². The highest BCUT2D eigenvalue weighted by atomic mass is 35.5. The Balaban J connectivity index is 2.88. The summed E-state index contributed by atoms with van der Waals surface area (Å²) in [4.78, 5) is 0. The van der Waals surface area contributed by atoms with Crippen LogP contribution in [0.3, 0.4) is 0 Å². The van der Waals surface area contributed by atoms with Crippen LogP contribution in [0.5, 0.6) is 0 Å². The van der Waals surface area contributed by atoms with Gasteiger partial charge in [0.1, 0.15) is 0 Å². The maximum Gasteiger partial charge on any atom is 0.0465 e. The highest BCUT2D eigenvalue weighted by Gasteiger charge is 2.29. The van der Waals surface area contributed by atoms with Crippen molar-refractivity contribution < 1.29 is 4.74 Å². The summed E-state index contributed by atoms with van der Waals surface area (Å²) in [5.74, 6) is 0.312. The number of halogens is 1. The van der Waals surface area contributed by atoms with Crippen molar-refractivity contribution in [3.63, 3.8) is 0 Å². The van der Waals surface area contributed by atoms with Gasteiger partial charge in [0.15, 0.2) is 0 Å². The van der Waals surface area contributed by atoms with Crippen molar-refractivity contribution in [2.45, 2.75) is 25.8 Å². The standard InChI is InChI=1S/C13H20ClNO/c1-10(8-9-16-3)13(2,15)11-6-4-5-7-12(11)14/h4-7,10H,8-9,15H2,1-3H3. The molecule has 0 aliphatic heterocycles. The van der Waals surface area contributed by atoms with Crippen LogP contribution in [0, 0.1) is 5.92 Å². The van der Waals surface area contributed by atoms with E-state index in [2.05, 4.69) is 6.92 Å². The molecular weight excluding hydrogens is 222 g/mol. The zero-order valence-electron chi connectivity index (χ0n) is 10.2. The molecule has 0 radical (unpaired) electrons. The van der Waals surface area contributed by atoms with Gasteiger partial charge in [0.05, 0.1) is 0 Å². The quantitative estimate of drug-likeness (QED) is 0.859. The summed E-state index contributed by atoms with van der Waals surface area (Å²) >= 11 is 6.18. The first-order valence-electron chi connectivity index (χ1n) is 5.53. The topological polar surface area (TPSA) is 35.2 Å². The van der Waals surface area contributed by atoms with E-state index in [1.165, 1.54) is 0 Å². The molecule has 16 heavy (non-hydrogen) atoms. The molecule has 0 spiro atoms. The van der Waals surface area contributed by atoms with Crippen LogP contribution in [-0.2, 0) is 10.3 Å². The lowest BCUT2D eigenvalue weighted by molar-refractivity contribution is 0.159. The molecule has 0 fully saturated rings. The van der Waals surface area contributed by atoms with Crippen LogP contribution >= 0.6 is 11.6 Å². The zero-order valence-corrected chi connectivity index (χ0v) is 10.9. The summed E-state index contributed by atoms with van der Waals surface area (Å²) in [6, 6.07) is 7.76. The average molecular weight is 242 g/mol. The number of benzene rings is 1. The number of hydrogen-bond acceptors (Lipinski definition) is 2. The monoisotopic (exact) mass is 241 g/mol. The van der Waals surface area contributed by atoms with Gasteiger partial charge in [-0.1, -0.05) is 36.7 Å². The number of methoxy groups -OCH3 is 1. The van der Waals surface area contributed by atoms with E-state index in [-0.39, 0.29) is 0 Å². The third-order valence-electron chi connectivity index (χ3n) is 3.23. The number of hydrogen-bond donors (Lipinski definition) is 1. The first-order chi connectivity index (χ1) is 7.50. The minimum atomic E-state index is -0.420. The van der Waals surface area contributed by atoms with Crippen LogP contribution in [0.15, 0.2) is 24.3 Å². The van der Waals surface area contributed by atoms with Crippen molar-refractivity contribution in [1.29, 1.82) is 0 Å². The van der Waals surface area contributed by atoms with Crippen LogP contribution in [0.1, 0.15) is 25.8 Å². The van der Waals surface area contributed by atoms with Crippen molar-refractivity contribution in [1.82, 2.24) is 0 Å². The predicted molar refractivity (Wildman–Crippen MR) is 68.6 cm³/mol. The molecule has 2 nitrogen and oxygen atoms in total. The lowest BCUT2D eigenvalue weighted by Crippen LogP contribution is -2.40. The summed E-state index contributed by atoms with van der Waals surface area (Å²) in [6.07, 6.45) is 0.925. The van der Waals surface area contributed by atoms with E-state index in [1.807, 2.05) is 31.2 Å². The first-order valence-corrected chi connectivity index (χ1v) is 5.90. The molecule has 1 aromatic carbocycles. The zero-order chi connectivity index (χ0) is 12.2. The predicted octanol–water partition coefficient (Wildman–Crippen LogP) is 3.19. The van der Waals surface area contributed by atoms with Crippen LogP contribution in [-0.4, -0.2) is 13.7 Å². The molecular formula is C13H20ClNO. The van der Waals surface area contributed by atoms with Gasteiger partial charge in [-0.3, -0.25) is 0 Å². The fourth-order valence-electron chi connectivity index (χ4n) is 1.76. The molecule has 1 rings (SSSR count). The van der Waals surface area contributed by atoms with Crippen molar-refractivity contribution in [3.05, 3.63) is 34.9 Å². The molecule has 2 N–H and O–H groups in total. The van der Waals surface area contributed by atoms with E-state index in [9.17, 15) is 0 Å². The summed E-state index contributed by atoms with van der Waals surface area (Å²) in [7, 11) is 1.70. The van der Waals surface area contributed by atoms with E-state index < -0.39 is 5.54 Å². The van der Waals surface area contributed by atoms with Gasteiger partial charge in [-0.05, 0) is 30.9 Å². The Morgan fingerprint density at radius 2 is 2.06 bits per heavy atom. The van der Waals surface area contributed by atoms with Crippen LogP contribution in [0.4, 0.5) is 0 Å². The lowest BCUT2D eigenvalue weighted by atomic mass is 9.80. The van der Waals surface area contributed by atoms with Crippen molar-refractivity contribution in [3.8, 4) is 0 Å². The van der Waals surface area contributed by atoms with Gasteiger partial charge >= 0.3 is 0 Å². The normalized spacial score (nSPS) is 16.8. The van der Waals surface area contributed by atoms with E-state index in [0.29, 0.717) is 5.92 Å². The van der Waals surface area contributed by atoms with Crippen molar-refractivity contribution in [2.24, 2.45) is 11.7 Å². The molecule has 0 aromatic heterocycles. The largest absolute Gasteiger partial charge is 0.385 e. The van der Waals surface area contributed by atoms with E-state index in [4.69, 9.17) is 22.1 Å². The molecule has 1 aromatic rings. The number of nitrogens with two attached hydrogens (primary N) is 1. The van der Waals surface area contributed by atoms with Gasteiger partial charge in [0, 0.05) is 24.3 Å². The molecule has 3 heteroatoms. The van der Waals surface area contributed by atoms with Gasteiger partial charge in [0.25, 0.3) is 0 Å². The van der Waals surface area contributed by atoms with Gasteiger partial charge in [-0.25, -0.2) is 0 Å². The van der Waals surface area contributed by atoms with Crippen molar-refractivity contribution >= 4 is 11.6 Å². The molecule has 0 heterocycles. The second-order valence-electron chi connectivity index (χ2n) is 4.45. The Labute approximate surface area is 103 Å². The minimum absolute atomic E-state index is 0.312. The van der Waals surface area contributed by atoms with E-state index in [0.717, 1.165) is 23.6 Å². The second kappa shape index (κ2) is 5.67. The highest BCUT2D eigenvalue weighted by molar-refractivity contribution is 6.31. The maximum atomic E-state index is 6.38. The summed E-state index contributed by atoms with van der Waals surface area (Å²) < 4.78 is 5.09. The molecule has 0 aliphatic rings. The Morgan fingerprint density at radius 3 is 2.62 bits per heavy atom. The number of rotatable bonds is 5. The summed E-state index contributed by atoms with van der Waals surface area (Å²) in [5, 5.41) is 0.733. The fraction of sp³-hybridized carbons (Fsp3) is 0.538. The Kier molecular flexibility index (Phi) is 4.78. The molecule has 2 unspecified atom stereocenters. The minimum Gasteiger partial charge on any atom is -0.385 e. The van der Waals surface area contributed by atoms with Crippen LogP contribution in [0.25, 0.3) is 0 Å². The maximum absolute atomic E-state index is 6.38. The average Bonchev–Trinajstić information content (AvgIpc) is 2.26. The van der Waals surface area contributed by atoms with E-state index in [1.54, 1.807) is 7.11 Å². The molecule has 0 aliphatic carbocycles. The molecule has 90 valence electrons. The molecule has 2 atom stereocenters. The van der Waals surface area contributed by atoms with Gasteiger partial charge in [0.2, 0.25) is 0 Å². The smallest absolute Gasteiger partial charge is 0.0465 e. The van der Waals surface area contributed by atoms with E-state index >= 15 is 0 Å². The molecule has 0 saturated heterocycles. The van der Waals surface area contributed by atoms with Crippen LogP contribution < -0.4 is 5.73 Å². The number of ether oxygens (including phenoxy) is 1. The summed E-state index contributed by atoms with van der Waals surface area (Å²) in [5.41, 5.74) is 6.96. The molecule has 0 saturated carbocycles. The first kappa shape index (κ1) is 13.5. The molecule has 0 amide bonds. The van der Waals surface area contributed by atoms with Crippen molar-refractivity contribution in [2.75, 3.05) is 13.7 Å². The lowest BCUT2D eigenvalue weighted by Gasteiger charge is -2.33. The SMILES string of the molecule is COCCC(C)C(C)(N)c1ccccc1Cl. The highest BCUT2D eigenvalue weighted by Crippen LogP contribution is 2.33. The van der Waals surface area contributed by atoms with Crippen LogP contribution in [0.2, 0.25) is 5.02 Å². The third kappa shape index (κ3) is 2.97. The second-order valence-corrected chi connectivity index (χ2v) is 4.85. The third-order valence-corrected chi connectivity index (χ3v) is 3.56. The molecule has 0 bridgehead atoms.